The van der Waals surface area contributed by atoms with Crippen molar-refractivity contribution >= 4 is 11.6 Å². The fourth-order valence-electron chi connectivity index (χ4n) is 2.87. The number of amides is 1. The van der Waals surface area contributed by atoms with E-state index in [9.17, 15) is 4.79 Å². The van der Waals surface area contributed by atoms with E-state index in [4.69, 9.17) is 9.47 Å². The topological polar surface area (TPSA) is 50.8 Å². The highest BCUT2D eigenvalue weighted by atomic mass is 16.5. The number of nitrogens with zero attached hydrogens (tertiary/aromatic N) is 1. The van der Waals surface area contributed by atoms with Crippen LogP contribution in [-0.4, -0.2) is 38.8 Å². The Labute approximate surface area is 154 Å². The van der Waals surface area contributed by atoms with Crippen LogP contribution in [0, 0.1) is 0 Å². The Morgan fingerprint density at radius 1 is 1.04 bits per heavy atom. The maximum atomic E-state index is 12.0. The molecule has 0 aliphatic carbocycles. The van der Waals surface area contributed by atoms with Gasteiger partial charge in [0.15, 0.2) is 6.61 Å². The summed E-state index contributed by atoms with van der Waals surface area (Å²) < 4.78 is 10.9. The van der Waals surface area contributed by atoms with Crippen molar-refractivity contribution in [1.82, 2.24) is 5.32 Å². The largest absolute Gasteiger partial charge is 0.484 e. The zero-order chi connectivity index (χ0) is 18.2. The van der Waals surface area contributed by atoms with Crippen LogP contribution in [0.1, 0.15) is 18.1 Å². The SMILES string of the molecule is CCc1ccc(OCC(=O)NCc2ccc(N3CCOCC3)cc2)cc1. The normalized spacial score (nSPS) is 14.1. The van der Waals surface area contributed by atoms with Crippen molar-refractivity contribution in [3.63, 3.8) is 0 Å². The Bertz CT molecular complexity index is 692. The standard InChI is InChI=1S/C21H26N2O3/c1-2-17-5-9-20(10-6-17)26-16-21(24)22-15-18-3-7-19(8-4-18)23-11-13-25-14-12-23/h3-10H,2,11-16H2,1H3,(H,22,24). The summed E-state index contributed by atoms with van der Waals surface area (Å²) in [5, 5.41) is 2.89. The first-order valence-electron chi connectivity index (χ1n) is 9.14. The van der Waals surface area contributed by atoms with Crippen molar-refractivity contribution in [2.24, 2.45) is 0 Å². The Balaban J connectivity index is 1.42. The molecule has 0 aromatic heterocycles. The molecule has 1 amide bonds. The first kappa shape index (κ1) is 18.3. The second-order valence-corrected chi connectivity index (χ2v) is 6.33. The number of rotatable bonds is 7. The number of nitrogens with one attached hydrogen (secondary N) is 1. The summed E-state index contributed by atoms with van der Waals surface area (Å²) in [6, 6.07) is 16.1. The molecule has 0 bridgehead atoms. The van der Waals surface area contributed by atoms with Crippen LogP contribution in [0.5, 0.6) is 5.75 Å². The van der Waals surface area contributed by atoms with Gasteiger partial charge >= 0.3 is 0 Å². The maximum Gasteiger partial charge on any atom is 0.258 e. The molecule has 0 unspecified atom stereocenters. The number of morpholine rings is 1. The van der Waals surface area contributed by atoms with Gasteiger partial charge in [0.1, 0.15) is 5.75 Å². The van der Waals surface area contributed by atoms with E-state index in [0.717, 1.165) is 38.3 Å². The third-order valence-electron chi connectivity index (χ3n) is 4.50. The van der Waals surface area contributed by atoms with E-state index < -0.39 is 0 Å². The lowest BCUT2D eigenvalue weighted by molar-refractivity contribution is -0.123. The molecule has 3 rings (SSSR count). The molecule has 5 heteroatoms. The summed E-state index contributed by atoms with van der Waals surface area (Å²) in [6.07, 6.45) is 0.991. The average molecular weight is 354 g/mol. The minimum atomic E-state index is -0.123. The molecule has 1 aliphatic rings. The van der Waals surface area contributed by atoms with Crippen LogP contribution in [0.25, 0.3) is 0 Å². The highest BCUT2D eigenvalue weighted by Gasteiger charge is 2.11. The van der Waals surface area contributed by atoms with E-state index >= 15 is 0 Å². The summed E-state index contributed by atoms with van der Waals surface area (Å²) in [4.78, 5) is 14.3. The molecule has 2 aromatic carbocycles. The van der Waals surface area contributed by atoms with Crippen LogP contribution in [0.2, 0.25) is 0 Å². The molecule has 138 valence electrons. The number of benzene rings is 2. The zero-order valence-electron chi connectivity index (χ0n) is 15.2. The Hall–Kier alpha value is -2.53. The number of aryl methyl sites for hydroxylation is 1. The molecule has 0 saturated carbocycles. The van der Waals surface area contributed by atoms with Crippen LogP contribution >= 0.6 is 0 Å². The number of carbonyl (C=O) groups excluding carboxylic acids is 1. The Morgan fingerprint density at radius 2 is 1.69 bits per heavy atom. The average Bonchev–Trinajstić information content (AvgIpc) is 2.72. The quantitative estimate of drug-likeness (QED) is 0.831. The fourth-order valence-corrected chi connectivity index (χ4v) is 2.87. The lowest BCUT2D eigenvalue weighted by atomic mass is 10.2. The molecule has 1 fully saturated rings. The van der Waals surface area contributed by atoms with Gasteiger partial charge in [-0.05, 0) is 41.8 Å². The maximum absolute atomic E-state index is 12.0. The molecule has 1 saturated heterocycles. The lowest BCUT2D eigenvalue weighted by Gasteiger charge is -2.28. The van der Waals surface area contributed by atoms with E-state index in [1.165, 1.54) is 11.3 Å². The third-order valence-corrected chi connectivity index (χ3v) is 4.50. The summed E-state index contributed by atoms with van der Waals surface area (Å²) in [5.74, 6) is 0.592. The van der Waals surface area contributed by atoms with E-state index in [-0.39, 0.29) is 12.5 Å². The number of ether oxygens (including phenoxy) is 2. The van der Waals surface area contributed by atoms with Gasteiger partial charge in [0, 0.05) is 25.3 Å². The molecule has 0 radical (unpaired) electrons. The van der Waals surface area contributed by atoms with E-state index in [0.29, 0.717) is 12.3 Å². The molecule has 0 spiro atoms. The smallest absolute Gasteiger partial charge is 0.258 e. The van der Waals surface area contributed by atoms with Gasteiger partial charge in [-0.3, -0.25) is 4.79 Å². The molecule has 1 aliphatic heterocycles. The lowest BCUT2D eigenvalue weighted by Crippen LogP contribution is -2.36. The molecule has 26 heavy (non-hydrogen) atoms. The first-order chi connectivity index (χ1) is 12.7. The van der Waals surface area contributed by atoms with Crippen molar-refractivity contribution in [3.05, 3.63) is 59.7 Å². The summed E-state index contributed by atoms with van der Waals surface area (Å²) >= 11 is 0. The fraction of sp³-hybridized carbons (Fsp3) is 0.381. The van der Waals surface area contributed by atoms with Crippen molar-refractivity contribution < 1.29 is 14.3 Å². The summed E-state index contributed by atoms with van der Waals surface area (Å²) in [5.41, 5.74) is 3.52. The molecule has 1 heterocycles. The van der Waals surface area contributed by atoms with Gasteiger partial charge in [-0.25, -0.2) is 0 Å². The van der Waals surface area contributed by atoms with Gasteiger partial charge in [0.25, 0.3) is 5.91 Å². The van der Waals surface area contributed by atoms with Crippen LogP contribution in [0.3, 0.4) is 0 Å². The molecule has 1 N–H and O–H groups in total. The van der Waals surface area contributed by atoms with Crippen LogP contribution in [0.15, 0.2) is 48.5 Å². The van der Waals surface area contributed by atoms with Crippen LogP contribution < -0.4 is 15.0 Å². The van der Waals surface area contributed by atoms with Gasteiger partial charge < -0.3 is 19.7 Å². The molecular formula is C21H26N2O3. The number of carbonyl (C=O) groups is 1. The molecule has 5 nitrogen and oxygen atoms in total. The highest BCUT2D eigenvalue weighted by Crippen LogP contribution is 2.16. The monoisotopic (exact) mass is 354 g/mol. The van der Waals surface area contributed by atoms with Gasteiger partial charge in [0.05, 0.1) is 13.2 Å². The second-order valence-electron chi connectivity index (χ2n) is 6.33. The van der Waals surface area contributed by atoms with Crippen molar-refractivity contribution in [3.8, 4) is 5.75 Å². The van der Waals surface area contributed by atoms with Gasteiger partial charge in [-0.15, -0.1) is 0 Å². The van der Waals surface area contributed by atoms with E-state index in [1.54, 1.807) is 0 Å². The number of anilines is 1. The molecule has 2 aromatic rings. The van der Waals surface area contributed by atoms with Crippen molar-refractivity contribution in [2.75, 3.05) is 37.8 Å². The molecular weight excluding hydrogens is 328 g/mol. The third kappa shape index (κ3) is 5.23. The Morgan fingerprint density at radius 3 is 2.35 bits per heavy atom. The highest BCUT2D eigenvalue weighted by molar-refractivity contribution is 5.77. The van der Waals surface area contributed by atoms with E-state index in [1.807, 2.05) is 24.3 Å². The zero-order valence-corrected chi connectivity index (χ0v) is 15.2. The number of hydrogen-bond acceptors (Lipinski definition) is 4. The first-order valence-corrected chi connectivity index (χ1v) is 9.14. The van der Waals surface area contributed by atoms with Crippen LogP contribution in [0.4, 0.5) is 5.69 Å². The van der Waals surface area contributed by atoms with E-state index in [2.05, 4.69) is 41.4 Å². The van der Waals surface area contributed by atoms with Crippen molar-refractivity contribution in [2.45, 2.75) is 19.9 Å². The minimum absolute atomic E-state index is 0.0251. The minimum Gasteiger partial charge on any atom is -0.484 e. The van der Waals surface area contributed by atoms with Gasteiger partial charge in [-0.1, -0.05) is 31.2 Å². The summed E-state index contributed by atoms with van der Waals surface area (Å²) in [6.45, 7) is 6.03. The summed E-state index contributed by atoms with van der Waals surface area (Å²) in [7, 11) is 0. The predicted octanol–water partition coefficient (Wildman–Crippen LogP) is 2.78. The molecule has 0 atom stereocenters. The van der Waals surface area contributed by atoms with Gasteiger partial charge in [-0.2, -0.15) is 0 Å². The predicted molar refractivity (Wildman–Crippen MR) is 103 cm³/mol. The van der Waals surface area contributed by atoms with Gasteiger partial charge in [0.2, 0.25) is 0 Å². The van der Waals surface area contributed by atoms with Crippen molar-refractivity contribution in [1.29, 1.82) is 0 Å². The second kappa shape index (κ2) is 9.25. The Kier molecular flexibility index (Phi) is 6.50. The number of hydrogen-bond donors (Lipinski definition) is 1. The van der Waals surface area contributed by atoms with Crippen LogP contribution in [-0.2, 0) is 22.5 Å².